The van der Waals surface area contributed by atoms with Crippen molar-refractivity contribution in [1.82, 2.24) is 0 Å². The van der Waals surface area contributed by atoms with Crippen molar-refractivity contribution in [3.8, 4) is 17.2 Å². The average molecular weight is 463 g/mol. The molecule has 2 aromatic rings. The Balaban J connectivity index is 2.03. The van der Waals surface area contributed by atoms with E-state index in [0.717, 1.165) is 0 Å². The second-order valence-electron chi connectivity index (χ2n) is 8.79. The van der Waals surface area contributed by atoms with Gasteiger partial charge in [-0.3, -0.25) is 9.52 Å². The van der Waals surface area contributed by atoms with Gasteiger partial charge in [-0.1, -0.05) is 13.8 Å². The Morgan fingerprint density at radius 2 is 1.84 bits per heavy atom. The summed E-state index contributed by atoms with van der Waals surface area (Å²) in [7, 11) is -1.14. The van der Waals surface area contributed by atoms with Gasteiger partial charge in [0.15, 0.2) is 0 Å². The fourth-order valence-corrected chi connectivity index (χ4v) is 4.69. The van der Waals surface area contributed by atoms with E-state index in [9.17, 15) is 13.2 Å². The van der Waals surface area contributed by atoms with Crippen LogP contribution >= 0.6 is 0 Å². The maximum atomic E-state index is 13.2. The molecule has 8 nitrogen and oxygen atoms in total. The van der Waals surface area contributed by atoms with Crippen LogP contribution in [-0.2, 0) is 14.8 Å². The monoisotopic (exact) mass is 462 g/mol. The van der Waals surface area contributed by atoms with Crippen LogP contribution in [0.4, 0.5) is 11.4 Å². The Labute approximate surface area is 189 Å². The molecule has 0 saturated carbocycles. The molecule has 0 radical (unpaired) electrons. The lowest BCUT2D eigenvalue weighted by Gasteiger charge is -2.29. The number of fused-ring (bicyclic) bond motifs is 1. The highest BCUT2D eigenvalue weighted by atomic mass is 32.2. The number of hydrogen-bond acceptors (Lipinski definition) is 6. The second-order valence-corrected chi connectivity index (χ2v) is 10.4. The summed E-state index contributed by atoms with van der Waals surface area (Å²) < 4.78 is 45.2. The van der Waals surface area contributed by atoms with Crippen LogP contribution in [0.3, 0.4) is 0 Å². The number of sulfonamides is 1. The molecule has 1 N–H and O–H groups in total. The molecular formula is C23H30N2O6S. The molecule has 2 aromatic carbocycles. The largest absolute Gasteiger partial charge is 0.497 e. The van der Waals surface area contributed by atoms with Crippen LogP contribution in [0.2, 0.25) is 0 Å². The highest BCUT2D eigenvalue weighted by Crippen LogP contribution is 2.39. The molecule has 0 unspecified atom stereocenters. The molecule has 9 heteroatoms. The molecule has 0 atom stereocenters. The number of carbonyl (C=O) groups is 1. The number of anilines is 2. The van der Waals surface area contributed by atoms with Gasteiger partial charge >= 0.3 is 0 Å². The van der Waals surface area contributed by atoms with Crippen LogP contribution in [0, 0.1) is 11.3 Å². The lowest BCUT2D eigenvalue weighted by Crippen LogP contribution is -2.43. The highest BCUT2D eigenvalue weighted by Gasteiger charge is 2.38. The number of carbonyl (C=O) groups excluding carboxylic acids is 1. The van der Waals surface area contributed by atoms with E-state index in [1.807, 2.05) is 27.7 Å². The quantitative estimate of drug-likeness (QED) is 0.670. The lowest BCUT2D eigenvalue weighted by atomic mass is 9.92. The number of nitrogens with one attached hydrogen (secondary N) is 1. The summed E-state index contributed by atoms with van der Waals surface area (Å²) in [6.07, 6.45) is 0. The molecule has 1 amide bonds. The van der Waals surface area contributed by atoms with Gasteiger partial charge < -0.3 is 19.1 Å². The van der Waals surface area contributed by atoms with Gasteiger partial charge in [-0.25, -0.2) is 8.42 Å². The molecule has 174 valence electrons. The summed E-state index contributed by atoms with van der Waals surface area (Å²) >= 11 is 0. The number of amides is 1. The van der Waals surface area contributed by atoms with Gasteiger partial charge in [0.25, 0.3) is 10.0 Å². The Bertz CT molecular complexity index is 1110. The van der Waals surface area contributed by atoms with Gasteiger partial charge in [0.05, 0.1) is 31.0 Å². The van der Waals surface area contributed by atoms with Gasteiger partial charge in [-0.2, -0.15) is 0 Å². The molecule has 32 heavy (non-hydrogen) atoms. The van der Waals surface area contributed by atoms with Gasteiger partial charge in [0, 0.05) is 12.6 Å². The predicted molar refractivity (Wildman–Crippen MR) is 123 cm³/mol. The molecule has 3 rings (SSSR count). The minimum atomic E-state index is -4.00. The van der Waals surface area contributed by atoms with Crippen molar-refractivity contribution in [3.63, 3.8) is 0 Å². The third-order valence-corrected chi connectivity index (χ3v) is 6.53. The van der Waals surface area contributed by atoms with E-state index in [1.165, 1.54) is 26.4 Å². The standard InChI is InChI=1S/C23H30N2O6S/c1-15(2)13-25-18-11-16(7-9-19(18)31-14-23(3,4)22(25)26)24-32(27,28)21-12-17(29-5)8-10-20(21)30-6/h7-12,15,24H,13-14H2,1-6H3. The van der Waals surface area contributed by atoms with Crippen molar-refractivity contribution >= 4 is 27.3 Å². The van der Waals surface area contributed by atoms with Crippen molar-refractivity contribution in [2.24, 2.45) is 11.3 Å². The summed E-state index contributed by atoms with van der Waals surface area (Å²) in [5.41, 5.74) is 0.132. The van der Waals surface area contributed by atoms with E-state index in [0.29, 0.717) is 29.4 Å². The highest BCUT2D eigenvalue weighted by molar-refractivity contribution is 7.92. The van der Waals surface area contributed by atoms with E-state index in [-0.39, 0.29) is 29.1 Å². The summed E-state index contributed by atoms with van der Waals surface area (Å²) in [4.78, 5) is 14.8. The van der Waals surface area contributed by atoms with E-state index in [2.05, 4.69) is 4.72 Å². The number of hydrogen-bond donors (Lipinski definition) is 1. The third-order valence-electron chi connectivity index (χ3n) is 5.12. The number of methoxy groups -OCH3 is 2. The molecule has 0 fully saturated rings. The van der Waals surface area contributed by atoms with Crippen LogP contribution in [0.25, 0.3) is 0 Å². The molecular weight excluding hydrogens is 432 g/mol. The zero-order chi connectivity index (χ0) is 23.7. The maximum absolute atomic E-state index is 13.2. The first-order valence-corrected chi connectivity index (χ1v) is 11.8. The Kier molecular flexibility index (Phi) is 6.59. The molecule has 0 bridgehead atoms. The third kappa shape index (κ3) is 4.77. The molecule has 0 spiro atoms. The topological polar surface area (TPSA) is 94.2 Å². The number of rotatable bonds is 7. The molecule has 0 saturated heterocycles. The van der Waals surface area contributed by atoms with Crippen LogP contribution < -0.4 is 23.8 Å². The SMILES string of the molecule is COc1ccc(OC)c(S(=O)(=O)Nc2ccc3c(c2)N(CC(C)C)C(=O)C(C)(C)CO3)c1. The summed E-state index contributed by atoms with van der Waals surface area (Å²) in [6.45, 7) is 8.44. The average Bonchev–Trinajstić information content (AvgIpc) is 2.83. The van der Waals surface area contributed by atoms with Crippen LogP contribution in [0.5, 0.6) is 17.2 Å². The number of nitrogens with zero attached hydrogens (tertiary/aromatic N) is 1. The first-order chi connectivity index (χ1) is 15.0. The predicted octanol–water partition coefficient (Wildman–Crippen LogP) is 3.91. The van der Waals surface area contributed by atoms with Crippen LogP contribution in [0.15, 0.2) is 41.3 Å². The summed E-state index contributed by atoms with van der Waals surface area (Å²) in [5.74, 6) is 1.25. The maximum Gasteiger partial charge on any atom is 0.265 e. The fraction of sp³-hybridized carbons (Fsp3) is 0.435. The fourth-order valence-electron chi connectivity index (χ4n) is 3.46. The van der Waals surface area contributed by atoms with E-state index in [1.54, 1.807) is 29.2 Å². The van der Waals surface area contributed by atoms with E-state index in [4.69, 9.17) is 14.2 Å². The summed E-state index contributed by atoms with van der Waals surface area (Å²) in [6, 6.07) is 9.46. The lowest BCUT2D eigenvalue weighted by molar-refractivity contribution is -0.127. The van der Waals surface area contributed by atoms with E-state index >= 15 is 0 Å². The van der Waals surface area contributed by atoms with Crippen molar-refractivity contribution < 1.29 is 27.4 Å². The zero-order valence-corrected chi connectivity index (χ0v) is 20.1. The normalized spacial score (nSPS) is 15.6. The van der Waals surface area contributed by atoms with E-state index < -0.39 is 15.4 Å². The van der Waals surface area contributed by atoms with Crippen molar-refractivity contribution in [3.05, 3.63) is 36.4 Å². The smallest absolute Gasteiger partial charge is 0.265 e. The minimum Gasteiger partial charge on any atom is -0.497 e. The first kappa shape index (κ1) is 23.7. The minimum absolute atomic E-state index is 0.0539. The van der Waals surface area contributed by atoms with Crippen molar-refractivity contribution in [2.75, 3.05) is 37.0 Å². The Morgan fingerprint density at radius 3 is 2.47 bits per heavy atom. The first-order valence-electron chi connectivity index (χ1n) is 10.3. The molecule has 1 aliphatic rings. The number of benzene rings is 2. The van der Waals surface area contributed by atoms with Gasteiger partial charge in [0.2, 0.25) is 5.91 Å². The zero-order valence-electron chi connectivity index (χ0n) is 19.3. The summed E-state index contributed by atoms with van der Waals surface area (Å²) in [5, 5.41) is 0. The molecule has 1 aliphatic heterocycles. The Hall–Kier alpha value is -2.94. The van der Waals surface area contributed by atoms with Crippen LogP contribution in [0.1, 0.15) is 27.7 Å². The van der Waals surface area contributed by atoms with Gasteiger partial charge in [-0.15, -0.1) is 0 Å². The number of ether oxygens (including phenoxy) is 3. The molecule has 0 aromatic heterocycles. The Morgan fingerprint density at radius 1 is 1.12 bits per heavy atom. The molecule has 0 aliphatic carbocycles. The molecule has 1 heterocycles. The second kappa shape index (κ2) is 8.90. The van der Waals surface area contributed by atoms with Crippen LogP contribution in [-0.4, -0.2) is 41.7 Å². The van der Waals surface area contributed by atoms with Gasteiger partial charge in [-0.05, 0) is 50.1 Å². The van der Waals surface area contributed by atoms with Gasteiger partial charge in [0.1, 0.15) is 28.8 Å². The van der Waals surface area contributed by atoms with Crippen molar-refractivity contribution in [2.45, 2.75) is 32.6 Å². The van der Waals surface area contributed by atoms with Crippen molar-refractivity contribution in [1.29, 1.82) is 0 Å².